The standard InChI is InChI=1S/C13H16Cl2N2O/c14-10-4-5-11(15)12(8-10)18-9-13(16)17-6-2-1-3-7-17/h4-5,8,16H,1-3,6-7,9H2. The number of hydrogen-bond acceptors (Lipinski definition) is 2. The van der Waals surface area contributed by atoms with Crippen LogP contribution in [0.3, 0.4) is 0 Å². The molecule has 0 spiro atoms. The summed E-state index contributed by atoms with van der Waals surface area (Å²) in [5, 5.41) is 9.08. The predicted molar refractivity (Wildman–Crippen MR) is 75.1 cm³/mol. The first-order valence-electron chi connectivity index (χ1n) is 6.07. The molecule has 2 rings (SSSR count). The van der Waals surface area contributed by atoms with Crippen molar-refractivity contribution in [2.24, 2.45) is 0 Å². The monoisotopic (exact) mass is 286 g/mol. The Morgan fingerprint density at radius 3 is 2.67 bits per heavy atom. The molecule has 3 nitrogen and oxygen atoms in total. The molecule has 0 unspecified atom stereocenters. The lowest BCUT2D eigenvalue weighted by Gasteiger charge is -2.28. The van der Waals surface area contributed by atoms with E-state index in [0.717, 1.165) is 25.9 Å². The van der Waals surface area contributed by atoms with Crippen molar-refractivity contribution in [3.05, 3.63) is 28.2 Å². The largest absolute Gasteiger partial charge is 0.484 e. The first-order chi connectivity index (χ1) is 8.66. The van der Waals surface area contributed by atoms with Crippen LogP contribution in [0.4, 0.5) is 0 Å². The average Bonchev–Trinajstić information content (AvgIpc) is 2.40. The molecule has 1 N–H and O–H groups in total. The third-order valence-corrected chi connectivity index (χ3v) is 3.54. The minimum atomic E-state index is 0.236. The fraction of sp³-hybridized carbons (Fsp3) is 0.462. The van der Waals surface area contributed by atoms with Crippen LogP contribution in [-0.2, 0) is 0 Å². The van der Waals surface area contributed by atoms with Gasteiger partial charge in [0.05, 0.1) is 5.02 Å². The summed E-state index contributed by atoms with van der Waals surface area (Å²) in [7, 11) is 0. The molecule has 1 aliphatic heterocycles. The fourth-order valence-electron chi connectivity index (χ4n) is 1.99. The van der Waals surface area contributed by atoms with E-state index in [-0.39, 0.29) is 6.61 Å². The molecule has 0 amide bonds. The van der Waals surface area contributed by atoms with Crippen molar-refractivity contribution < 1.29 is 4.74 Å². The van der Waals surface area contributed by atoms with Gasteiger partial charge < -0.3 is 9.64 Å². The smallest absolute Gasteiger partial charge is 0.145 e. The van der Waals surface area contributed by atoms with Crippen LogP contribution in [0.1, 0.15) is 19.3 Å². The van der Waals surface area contributed by atoms with Gasteiger partial charge in [-0.15, -0.1) is 0 Å². The SMILES string of the molecule is N=C(COc1cc(Cl)ccc1Cl)N1CCCCC1. The number of halogens is 2. The van der Waals surface area contributed by atoms with Gasteiger partial charge in [-0.25, -0.2) is 0 Å². The maximum Gasteiger partial charge on any atom is 0.145 e. The van der Waals surface area contributed by atoms with Gasteiger partial charge in [0.1, 0.15) is 18.2 Å². The Labute approximate surface area is 117 Å². The summed E-state index contributed by atoms with van der Waals surface area (Å²) in [6.07, 6.45) is 3.56. The lowest BCUT2D eigenvalue weighted by molar-refractivity contribution is 0.300. The fourth-order valence-corrected chi connectivity index (χ4v) is 2.32. The highest BCUT2D eigenvalue weighted by Crippen LogP contribution is 2.27. The highest BCUT2D eigenvalue weighted by molar-refractivity contribution is 6.34. The summed E-state index contributed by atoms with van der Waals surface area (Å²) < 4.78 is 5.55. The summed E-state index contributed by atoms with van der Waals surface area (Å²) in [6.45, 7) is 2.14. The first-order valence-corrected chi connectivity index (χ1v) is 6.82. The van der Waals surface area contributed by atoms with Gasteiger partial charge in [0, 0.05) is 24.2 Å². The molecule has 1 saturated heterocycles. The van der Waals surface area contributed by atoms with Crippen molar-refractivity contribution in [2.45, 2.75) is 19.3 Å². The summed E-state index contributed by atoms with van der Waals surface area (Å²) in [5.41, 5.74) is 0. The second-order valence-corrected chi connectivity index (χ2v) is 5.20. The molecule has 0 radical (unpaired) electrons. The second kappa shape index (κ2) is 6.30. The van der Waals surface area contributed by atoms with Gasteiger partial charge in [-0.3, -0.25) is 5.41 Å². The number of piperidine rings is 1. The molecule has 1 heterocycles. The maximum absolute atomic E-state index is 7.98. The maximum atomic E-state index is 7.98. The van der Waals surface area contributed by atoms with E-state index >= 15 is 0 Å². The van der Waals surface area contributed by atoms with Crippen LogP contribution in [0.25, 0.3) is 0 Å². The lowest BCUT2D eigenvalue weighted by atomic mass is 10.1. The highest BCUT2D eigenvalue weighted by Gasteiger charge is 2.14. The molecule has 1 aromatic carbocycles. The molecule has 1 aliphatic rings. The number of ether oxygens (including phenoxy) is 1. The Hall–Kier alpha value is -0.930. The Balaban J connectivity index is 1.90. The number of amidine groups is 1. The first kappa shape index (κ1) is 13.5. The van der Waals surface area contributed by atoms with Crippen LogP contribution in [0.2, 0.25) is 10.0 Å². The lowest BCUT2D eigenvalue weighted by Crippen LogP contribution is -2.38. The number of hydrogen-bond donors (Lipinski definition) is 1. The number of likely N-dealkylation sites (tertiary alicyclic amines) is 1. The molecule has 0 aromatic heterocycles. The van der Waals surface area contributed by atoms with Crippen molar-refractivity contribution in [3.63, 3.8) is 0 Å². The molecular formula is C13H16Cl2N2O. The van der Waals surface area contributed by atoms with Gasteiger partial charge in [0.2, 0.25) is 0 Å². The van der Waals surface area contributed by atoms with Crippen LogP contribution < -0.4 is 4.74 Å². The van der Waals surface area contributed by atoms with E-state index in [9.17, 15) is 0 Å². The van der Waals surface area contributed by atoms with E-state index in [1.165, 1.54) is 6.42 Å². The zero-order valence-electron chi connectivity index (χ0n) is 10.1. The normalized spacial score (nSPS) is 15.6. The topological polar surface area (TPSA) is 36.3 Å². The molecular weight excluding hydrogens is 271 g/mol. The number of rotatable bonds is 3. The molecule has 5 heteroatoms. The quantitative estimate of drug-likeness (QED) is 0.677. The summed E-state index contributed by atoms with van der Waals surface area (Å²) in [6, 6.07) is 5.09. The molecule has 18 heavy (non-hydrogen) atoms. The van der Waals surface area contributed by atoms with Gasteiger partial charge >= 0.3 is 0 Å². The average molecular weight is 287 g/mol. The third-order valence-electron chi connectivity index (χ3n) is 3.00. The highest BCUT2D eigenvalue weighted by atomic mass is 35.5. The molecule has 0 atom stereocenters. The van der Waals surface area contributed by atoms with E-state index in [1.807, 2.05) is 0 Å². The van der Waals surface area contributed by atoms with Crippen LogP contribution in [0.15, 0.2) is 18.2 Å². The van der Waals surface area contributed by atoms with Crippen molar-refractivity contribution in [2.75, 3.05) is 19.7 Å². The summed E-state index contributed by atoms with van der Waals surface area (Å²) in [4.78, 5) is 2.06. The molecule has 0 aliphatic carbocycles. The van der Waals surface area contributed by atoms with Crippen LogP contribution >= 0.6 is 23.2 Å². The molecule has 1 fully saturated rings. The minimum absolute atomic E-state index is 0.236. The molecule has 0 saturated carbocycles. The third kappa shape index (κ3) is 3.53. The van der Waals surface area contributed by atoms with E-state index in [1.54, 1.807) is 18.2 Å². The van der Waals surface area contributed by atoms with E-state index in [2.05, 4.69) is 4.90 Å². The van der Waals surface area contributed by atoms with Gasteiger partial charge in [0.25, 0.3) is 0 Å². The van der Waals surface area contributed by atoms with Crippen LogP contribution in [0, 0.1) is 5.41 Å². The molecule has 1 aromatic rings. The van der Waals surface area contributed by atoms with Crippen molar-refractivity contribution in [1.82, 2.24) is 4.90 Å². The van der Waals surface area contributed by atoms with Crippen molar-refractivity contribution in [1.29, 1.82) is 5.41 Å². The van der Waals surface area contributed by atoms with Gasteiger partial charge in [-0.2, -0.15) is 0 Å². The Morgan fingerprint density at radius 2 is 1.94 bits per heavy atom. The van der Waals surface area contributed by atoms with Crippen LogP contribution in [0.5, 0.6) is 5.75 Å². The van der Waals surface area contributed by atoms with Gasteiger partial charge in [0.15, 0.2) is 0 Å². The Bertz CT molecular complexity index is 431. The van der Waals surface area contributed by atoms with Gasteiger partial charge in [-0.1, -0.05) is 23.2 Å². The van der Waals surface area contributed by atoms with E-state index in [0.29, 0.717) is 21.6 Å². The second-order valence-electron chi connectivity index (χ2n) is 4.36. The number of nitrogens with zero attached hydrogens (tertiary/aromatic N) is 1. The zero-order valence-corrected chi connectivity index (χ0v) is 11.6. The summed E-state index contributed by atoms with van der Waals surface area (Å²) in [5.74, 6) is 1.04. The number of benzene rings is 1. The minimum Gasteiger partial charge on any atom is -0.484 e. The van der Waals surface area contributed by atoms with Crippen molar-refractivity contribution >= 4 is 29.0 Å². The van der Waals surface area contributed by atoms with Gasteiger partial charge in [-0.05, 0) is 31.4 Å². The van der Waals surface area contributed by atoms with Crippen molar-refractivity contribution in [3.8, 4) is 5.75 Å². The number of nitrogens with one attached hydrogen (secondary N) is 1. The van der Waals surface area contributed by atoms with E-state index in [4.69, 9.17) is 33.3 Å². The Kier molecular flexibility index (Phi) is 4.72. The summed E-state index contributed by atoms with van der Waals surface area (Å²) >= 11 is 11.9. The van der Waals surface area contributed by atoms with Crippen LogP contribution in [-0.4, -0.2) is 30.4 Å². The van der Waals surface area contributed by atoms with E-state index < -0.39 is 0 Å². The molecule has 0 bridgehead atoms. The molecule has 98 valence electrons. The Morgan fingerprint density at radius 1 is 1.22 bits per heavy atom. The zero-order chi connectivity index (χ0) is 13.0. The predicted octanol–water partition coefficient (Wildman–Crippen LogP) is 3.84.